The number of alkyl halides is 3. The number of rotatable bonds is 5. The summed E-state index contributed by atoms with van der Waals surface area (Å²) in [5, 5.41) is 11.0. The number of hydrogen-bond acceptors (Lipinski definition) is 8. The Labute approximate surface area is 183 Å². The molecular formula is C19H16F3N5O4S. The Morgan fingerprint density at radius 1 is 1.16 bits per heavy atom. The largest absolute Gasteiger partial charge is 0.416 e. The number of tetrazole rings is 1. The number of aromatic nitrogens is 4. The highest BCUT2D eigenvalue weighted by Crippen LogP contribution is 2.30. The predicted octanol–water partition coefficient (Wildman–Crippen LogP) is 2.70. The van der Waals surface area contributed by atoms with Crippen LogP contribution in [0.3, 0.4) is 0 Å². The van der Waals surface area contributed by atoms with Gasteiger partial charge < -0.3 is 9.68 Å². The molecule has 0 aliphatic carbocycles. The van der Waals surface area contributed by atoms with E-state index in [4.69, 9.17) is 9.68 Å². The summed E-state index contributed by atoms with van der Waals surface area (Å²) >= 11 is 1.00. The molecule has 1 aromatic heterocycles. The van der Waals surface area contributed by atoms with Gasteiger partial charge in [-0.3, -0.25) is 0 Å². The van der Waals surface area contributed by atoms with Crippen molar-refractivity contribution in [3.05, 3.63) is 75.2 Å². The molecule has 32 heavy (non-hydrogen) atoms. The smallest absolute Gasteiger partial charge is 0.394 e. The minimum atomic E-state index is -4.53. The fraction of sp³-hybridized carbons (Fsp3) is 0.211. The number of thioether (sulfide) groups is 1. The molecule has 0 aliphatic rings. The van der Waals surface area contributed by atoms with E-state index in [0.29, 0.717) is 10.4 Å². The van der Waals surface area contributed by atoms with Crippen molar-refractivity contribution in [1.82, 2.24) is 20.0 Å². The maximum absolute atomic E-state index is 13.0. The second-order valence-electron chi connectivity index (χ2n) is 6.26. The standard InChI is InChI=1S/C19H16F3N5O4S/c1-11-6-4-9-14(26-18(29)27(30-2)25-24-26)15(11)17(28)31-23-16(32-3)12-7-5-8-13(10-12)19(20,21)22/h4-10H,1-3H3. The average molecular weight is 467 g/mol. The monoisotopic (exact) mass is 467 g/mol. The van der Waals surface area contributed by atoms with Crippen LogP contribution in [0.5, 0.6) is 0 Å². The summed E-state index contributed by atoms with van der Waals surface area (Å²) in [6.45, 7) is 1.61. The average Bonchev–Trinajstić information content (AvgIpc) is 3.13. The summed E-state index contributed by atoms with van der Waals surface area (Å²) in [7, 11) is 1.22. The first-order valence-electron chi connectivity index (χ1n) is 8.87. The van der Waals surface area contributed by atoms with E-state index in [1.807, 2.05) is 0 Å². The fourth-order valence-electron chi connectivity index (χ4n) is 2.76. The summed E-state index contributed by atoms with van der Waals surface area (Å²) in [5.41, 5.74) is -0.987. The van der Waals surface area contributed by atoms with Crippen LogP contribution < -0.4 is 10.5 Å². The van der Waals surface area contributed by atoms with E-state index in [1.54, 1.807) is 25.3 Å². The van der Waals surface area contributed by atoms with Gasteiger partial charge in [-0.15, -0.1) is 11.8 Å². The van der Waals surface area contributed by atoms with Gasteiger partial charge >= 0.3 is 17.8 Å². The topological polar surface area (TPSA) is 101 Å². The van der Waals surface area contributed by atoms with E-state index in [-0.39, 0.29) is 21.9 Å². The minimum absolute atomic E-state index is 0.0222. The Morgan fingerprint density at radius 2 is 1.88 bits per heavy atom. The van der Waals surface area contributed by atoms with E-state index >= 15 is 0 Å². The maximum Gasteiger partial charge on any atom is 0.416 e. The van der Waals surface area contributed by atoms with Gasteiger partial charge in [0.05, 0.1) is 16.8 Å². The number of benzene rings is 2. The molecule has 1 heterocycles. The molecule has 13 heteroatoms. The first-order chi connectivity index (χ1) is 15.2. The van der Waals surface area contributed by atoms with Crippen molar-refractivity contribution in [1.29, 1.82) is 0 Å². The lowest BCUT2D eigenvalue weighted by Crippen LogP contribution is -2.28. The summed E-state index contributed by atoms with van der Waals surface area (Å²) < 4.78 is 39.8. The molecule has 0 atom stereocenters. The van der Waals surface area contributed by atoms with Crippen LogP contribution in [-0.2, 0) is 11.0 Å². The zero-order valence-corrected chi connectivity index (χ0v) is 17.8. The van der Waals surface area contributed by atoms with E-state index in [2.05, 4.69) is 15.6 Å². The van der Waals surface area contributed by atoms with Gasteiger partial charge in [-0.05, 0) is 52.2 Å². The number of carbonyl (C=O) groups excluding carboxylic acids is 1. The summed E-state index contributed by atoms with van der Waals surface area (Å²) in [4.78, 5) is 35.5. The van der Waals surface area contributed by atoms with Crippen LogP contribution in [0, 0.1) is 6.92 Å². The molecule has 0 radical (unpaired) electrons. The predicted molar refractivity (Wildman–Crippen MR) is 110 cm³/mol. The first-order valence-corrected chi connectivity index (χ1v) is 10.1. The van der Waals surface area contributed by atoms with Gasteiger partial charge in [0, 0.05) is 5.56 Å². The third-order valence-corrected chi connectivity index (χ3v) is 4.95. The molecule has 9 nitrogen and oxygen atoms in total. The van der Waals surface area contributed by atoms with Crippen LogP contribution in [0.15, 0.2) is 52.4 Å². The number of carbonyl (C=O) groups is 1. The molecule has 0 amide bonds. The van der Waals surface area contributed by atoms with Gasteiger partial charge in [0.25, 0.3) is 0 Å². The van der Waals surface area contributed by atoms with Crippen LogP contribution in [0.2, 0.25) is 0 Å². The van der Waals surface area contributed by atoms with Crippen LogP contribution in [0.25, 0.3) is 5.69 Å². The third-order valence-electron chi connectivity index (χ3n) is 4.25. The number of halogens is 3. The molecule has 0 bridgehead atoms. The molecule has 3 rings (SSSR count). The minimum Gasteiger partial charge on any atom is -0.394 e. The van der Waals surface area contributed by atoms with Gasteiger partial charge in [-0.1, -0.05) is 29.4 Å². The SMILES string of the molecule is COn1nnn(-c2cccc(C)c2C(=O)ON=C(SC)c2cccc(C(F)(F)F)c2)c1=O. The third kappa shape index (κ3) is 4.66. The van der Waals surface area contributed by atoms with E-state index < -0.39 is 23.4 Å². The van der Waals surface area contributed by atoms with Crippen molar-refractivity contribution >= 4 is 22.8 Å². The Hall–Kier alpha value is -3.61. The Balaban J connectivity index is 1.96. The highest BCUT2D eigenvalue weighted by Gasteiger charge is 2.30. The molecule has 0 unspecified atom stereocenters. The maximum atomic E-state index is 13.0. The molecule has 0 fully saturated rings. The van der Waals surface area contributed by atoms with Crippen LogP contribution in [-0.4, -0.2) is 44.3 Å². The second-order valence-corrected chi connectivity index (χ2v) is 7.05. The molecule has 2 aromatic carbocycles. The highest BCUT2D eigenvalue weighted by molar-refractivity contribution is 8.13. The Morgan fingerprint density at radius 3 is 2.50 bits per heavy atom. The highest BCUT2D eigenvalue weighted by atomic mass is 32.2. The lowest BCUT2D eigenvalue weighted by molar-refractivity contribution is -0.137. The van der Waals surface area contributed by atoms with Crippen LogP contribution in [0.4, 0.5) is 13.2 Å². The Kier molecular flexibility index (Phi) is 6.67. The van der Waals surface area contributed by atoms with Crippen LogP contribution >= 0.6 is 11.8 Å². The van der Waals surface area contributed by atoms with E-state index in [1.165, 1.54) is 25.3 Å². The fourth-order valence-corrected chi connectivity index (χ4v) is 3.23. The molecule has 0 spiro atoms. The zero-order valence-electron chi connectivity index (χ0n) is 17.0. The van der Waals surface area contributed by atoms with Crippen molar-refractivity contribution in [2.45, 2.75) is 13.1 Å². The summed E-state index contributed by atoms with van der Waals surface area (Å²) in [5.74, 6) is -0.935. The second kappa shape index (κ2) is 9.26. The lowest BCUT2D eigenvalue weighted by atomic mass is 10.1. The van der Waals surface area contributed by atoms with Gasteiger partial charge in [-0.2, -0.15) is 17.9 Å². The Bertz CT molecular complexity index is 1240. The summed E-state index contributed by atoms with van der Waals surface area (Å²) in [6, 6.07) is 9.14. The van der Waals surface area contributed by atoms with Crippen molar-refractivity contribution in [3.63, 3.8) is 0 Å². The van der Waals surface area contributed by atoms with Gasteiger partial charge in [0.1, 0.15) is 12.2 Å². The van der Waals surface area contributed by atoms with Crippen molar-refractivity contribution < 1.29 is 27.6 Å². The van der Waals surface area contributed by atoms with E-state index in [9.17, 15) is 22.8 Å². The molecule has 0 N–H and O–H groups in total. The van der Waals surface area contributed by atoms with Gasteiger partial charge in [0.2, 0.25) is 0 Å². The van der Waals surface area contributed by atoms with Gasteiger partial charge in [-0.25, -0.2) is 9.59 Å². The van der Waals surface area contributed by atoms with Crippen LogP contribution in [0.1, 0.15) is 27.0 Å². The number of hydrogen-bond donors (Lipinski definition) is 0. The molecular weight excluding hydrogens is 451 g/mol. The first kappa shape index (κ1) is 23.1. The number of oxime groups is 1. The van der Waals surface area contributed by atoms with E-state index in [0.717, 1.165) is 28.6 Å². The van der Waals surface area contributed by atoms with Crippen molar-refractivity contribution in [3.8, 4) is 5.69 Å². The summed E-state index contributed by atoms with van der Waals surface area (Å²) in [6.07, 6.45) is -2.95. The van der Waals surface area contributed by atoms with Crippen molar-refractivity contribution in [2.24, 2.45) is 5.16 Å². The number of nitrogens with zero attached hydrogens (tertiary/aromatic N) is 5. The molecule has 0 aliphatic heterocycles. The molecule has 0 saturated heterocycles. The molecule has 168 valence electrons. The quantitative estimate of drug-likeness (QED) is 0.246. The number of aryl methyl sites for hydroxylation is 1. The molecule has 0 saturated carbocycles. The molecule has 3 aromatic rings. The van der Waals surface area contributed by atoms with Crippen molar-refractivity contribution in [2.75, 3.05) is 13.4 Å². The van der Waals surface area contributed by atoms with Gasteiger partial charge in [0.15, 0.2) is 0 Å². The normalized spacial score (nSPS) is 12.0. The zero-order chi connectivity index (χ0) is 23.5. The lowest BCUT2D eigenvalue weighted by Gasteiger charge is -2.10.